The molecular formula is C20H18. The lowest BCUT2D eigenvalue weighted by Gasteiger charge is -2.18. The van der Waals surface area contributed by atoms with Crippen molar-refractivity contribution in [2.45, 2.75) is 19.8 Å². The summed E-state index contributed by atoms with van der Waals surface area (Å²) in [6, 6.07) is 22.3. The molecule has 0 N–H and O–H groups in total. The maximum absolute atomic E-state index is 2.40. The van der Waals surface area contributed by atoms with Gasteiger partial charge in [-0.25, -0.2) is 0 Å². The second kappa shape index (κ2) is 4.21. The van der Waals surface area contributed by atoms with E-state index in [4.69, 9.17) is 0 Å². The molecule has 0 saturated heterocycles. The van der Waals surface area contributed by atoms with Crippen molar-refractivity contribution in [2.75, 3.05) is 0 Å². The van der Waals surface area contributed by atoms with Crippen LogP contribution >= 0.6 is 0 Å². The maximum atomic E-state index is 2.40. The van der Waals surface area contributed by atoms with E-state index in [1.165, 1.54) is 33.0 Å². The highest BCUT2D eigenvalue weighted by Crippen LogP contribution is 2.49. The summed E-state index contributed by atoms with van der Waals surface area (Å²) in [6.45, 7) is 4.65. The fraction of sp³-hybridized carbons (Fsp3) is 0.200. The average Bonchev–Trinajstić information content (AvgIpc) is 2.78. The number of hydrogen-bond donors (Lipinski definition) is 0. The van der Waals surface area contributed by atoms with Gasteiger partial charge < -0.3 is 0 Å². The van der Waals surface area contributed by atoms with E-state index in [2.05, 4.69) is 74.5 Å². The van der Waals surface area contributed by atoms with Crippen molar-refractivity contribution >= 4 is 10.8 Å². The standard InChI is InChI=1S/C20H18/c1-13(2)20-17-10-6-5-9-16(17)18-11-14-7-3-4-8-15(14)12-19(18)20/h3-13,20H,1-2H3. The van der Waals surface area contributed by atoms with Crippen LogP contribution < -0.4 is 0 Å². The Morgan fingerprint density at radius 2 is 1.35 bits per heavy atom. The zero-order valence-corrected chi connectivity index (χ0v) is 11.9. The van der Waals surface area contributed by atoms with E-state index in [-0.39, 0.29) is 0 Å². The quantitative estimate of drug-likeness (QED) is 0.532. The Bertz CT molecular complexity index is 796. The smallest absolute Gasteiger partial charge is 0.0125 e. The molecule has 0 spiro atoms. The molecular weight excluding hydrogens is 240 g/mol. The number of rotatable bonds is 1. The van der Waals surface area contributed by atoms with E-state index in [1.54, 1.807) is 0 Å². The van der Waals surface area contributed by atoms with Gasteiger partial charge in [0, 0.05) is 5.92 Å². The Hall–Kier alpha value is -2.08. The highest BCUT2D eigenvalue weighted by atomic mass is 14.3. The third kappa shape index (κ3) is 1.54. The molecule has 1 aliphatic carbocycles. The molecule has 98 valence electrons. The van der Waals surface area contributed by atoms with Gasteiger partial charge in [-0.3, -0.25) is 0 Å². The predicted molar refractivity (Wildman–Crippen MR) is 86.1 cm³/mol. The third-order valence-corrected chi connectivity index (χ3v) is 4.51. The first-order chi connectivity index (χ1) is 9.75. The van der Waals surface area contributed by atoms with Crippen LogP contribution in [-0.4, -0.2) is 0 Å². The van der Waals surface area contributed by atoms with Crippen molar-refractivity contribution < 1.29 is 0 Å². The Labute approximate surface area is 120 Å². The van der Waals surface area contributed by atoms with Crippen molar-refractivity contribution in [3.05, 3.63) is 71.8 Å². The minimum atomic E-state index is 0.533. The topological polar surface area (TPSA) is 0 Å². The molecule has 0 fully saturated rings. The molecule has 0 heteroatoms. The number of fused-ring (bicyclic) bond motifs is 4. The summed E-state index contributed by atoms with van der Waals surface area (Å²) in [7, 11) is 0. The van der Waals surface area contributed by atoms with E-state index in [0.717, 1.165) is 0 Å². The van der Waals surface area contributed by atoms with E-state index < -0.39 is 0 Å². The molecule has 3 aromatic carbocycles. The largest absolute Gasteiger partial charge is 0.0619 e. The second-order valence-electron chi connectivity index (χ2n) is 6.10. The van der Waals surface area contributed by atoms with Gasteiger partial charge >= 0.3 is 0 Å². The lowest BCUT2D eigenvalue weighted by Crippen LogP contribution is -2.04. The molecule has 20 heavy (non-hydrogen) atoms. The molecule has 0 heterocycles. The normalized spacial score (nSPS) is 16.4. The van der Waals surface area contributed by atoms with Crippen LogP contribution in [0.1, 0.15) is 30.9 Å². The number of hydrogen-bond acceptors (Lipinski definition) is 0. The molecule has 1 aliphatic rings. The van der Waals surface area contributed by atoms with Gasteiger partial charge in [-0.15, -0.1) is 0 Å². The third-order valence-electron chi connectivity index (χ3n) is 4.51. The van der Waals surface area contributed by atoms with Gasteiger partial charge in [-0.1, -0.05) is 62.4 Å². The van der Waals surface area contributed by atoms with Gasteiger partial charge in [0.2, 0.25) is 0 Å². The first kappa shape index (κ1) is 11.7. The lowest BCUT2D eigenvalue weighted by atomic mass is 9.86. The summed E-state index contributed by atoms with van der Waals surface area (Å²) in [6.07, 6.45) is 0. The predicted octanol–water partition coefficient (Wildman–Crippen LogP) is 5.61. The van der Waals surface area contributed by atoms with Crippen LogP contribution in [0, 0.1) is 5.92 Å². The van der Waals surface area contributed by atoms with E-state index in [9.17, 15) is 0 Å². The molecule has 0 bridgehead atoms. The van der Waals surface area contributed by atoms with Crippen molar-refractivity contribution in [2.24, 2.45) is 5.92 Å². The Kier molecular flexibility index (Phi) is 2.47. The first-order valence-electron chi connectivity index (χ1n) is 7.37. The number of benzene rings is 3. The van der Waals surface area contributed by atoms with Crippen LogP contribution in [0.25, 0.3) is 21.9 Å². The minimum Gasteiger partial charge on any atom is -0.0619 e. The second-order valence-corrected chi connectivity index (χ2v) is 6.10. The van der Waals surface area contributed by atoms with Crippen LogP contribution in [0.5, 0.6) is 0 Å². The van der Waals surface area contributed by atoms with E-state index >= 15 is 0 Å². The summed E-state index contributed by atoms with van der Waals surface area (Å²) in [5.74, 6) is 1.16. The van der Waals surface area contributed by atoms with Gasteiger partial charge in [0.1, 0.15) is 0 Å². The van der Waals surface area contributed by atoms with Gasteiger partial charge in [0.05, 0.1) is 0 Å². The SMILES string of the molecule is CC(C)C1c2ccccc2-c2cc3ccccc3cc21. The monoisotopic (exact) mass is 258 g/mol. The molecule has 0 aromatic heterocycles. The lowest BCUT2D eigenvalue weighted by molar-refractivity contribution is 0.573. The molecule has 3 aromatic rings. The highest BCUT2D eigenvalue weighted by molar-refractivity contribution is 5.92. The van der Waals surface area contributed by atoms with Crippen molar-refractivity contribution in [3.63, 3.8) is 0 Å². The van der Waals surface area contributed by atoms with Gasteiger partial charge in [-0.05, 0) is 51.1 Å². The van der Waals surface area contributed by atoms with Crippen molar-refractivity contribution in [3.8, 4) is 11.1 Å². The molecule has 1 atom stereocenters. The fourth-order valence-corrected chi connectivity index (χ4v) is 3.65. The van der Waals surface area contributed by atoms with Crippen LogP contribution in [0.4, 0.5) is 0 Å². The molecule has 0 aliphatic heterocycles. The summed E-state index contributed by atoms with van der Waals surface area (Å²) >= 11 is 0. The molecule has 1 unspecified atom stereocenters. The fourth-order valence-electron chi connectivity index (χ4n) is 3.65. The average molecular weight is 258 g/mol. The van der Waals surface area contributed by atoms with Gasteiger partial charge in [0.15, 0.2) is 0 Å². The van der Waals surface area contributed by atoms with Gasteiger partial charge in [0.25, 0.3) is 0 Å². The zero-order chi connectivity index (χ0) is 13.7. The molecule has 0 nitrogen and oxygen atoms in total. The Balaban J connectivity index is 2.08. The molecule has 0 amide bonds. The molecule has 0 saturated carbocycles. The van der Waals surface area contributed by atoms with Crippen molar-refractivity contribution in [1.82, 2.24) is 0 Å². The van der Waals surface area contributed by atoms with Crippen LogP contribution in [0.15, 0.2) is 60.7 Å². The van der Waals surface area contributed by atoms with Crippen LogP contribution in [-0.2, 0) is 0 Å². The first-order valence-corrected chi connectivity index (χ1v) is 7.37. The molecule has 4 rings (SSSR count). The van der Waals surface area contributed by atoms with Crippen LogP contribution in [0.2, 0.25) is 0 Å². The Morgan fingerprint density at radius 3 is 2.10 bits per heavy atom. The van der Waals surface area contributed by atoms with Gasteiger partial charge in [-0.2, -0.15) is 0 Å². The molecule has 0 radical (unpaired) electrons. The van der Waals surface area contributed by atoms with E-state index in [1.807, 2.05) is 0 Å². The summed E-state index contributed by atoms with van der Waals surface area (Å²) in [5, 5.41) is 2.69. The summed E-state index contributed by atoms with van der Waals surface area (Å²) in [5.41, 5.74) is 5.85. The van der Waals surface area contributed by atoms with E-state index in [0.29, 0.717) is 11.8 Å². The zero-order valence-electron chi connectivity index (χ0n) is 11.9. The highest BCUT2D eigenvalue weighted by Gasteiger charge is 2.30. The van der Waals surface area contributed by atoms with Crippen LogP contribution in [0.3, 0.4) is 0 Å². The summed E-state index contributed by atoms with van der Waals surface area (Å²) < 4.78 is 0. The summed E-state index contributed by atoms with van der Waals surface area (Å²) in [4.78, 5) is 0. The maximum Gasteiger partial charge on any atom is 0.0125 e. The minimum absolute atomic E-state index is 0.533. The Morgan fingerprint density at radius 1 is 0.700 bits per heavy atom. The van der Waals surface area contributed by atoms with Crippen molar-refractivity contribution in [1.29, 1.82) is 0 Å².